The van der Waals surface area contributed by atoms with E-state index in [0.717, 1.165) is 42.7 Å². The number of rotatable bonds is 4. The smallest absolute Gasteiger partial charge is 0.119 e. The predicted octanol–water partition coefficient (Wildman–Crippen LogP) is 2.41. The van der Waals surface area contributed by atoms with Gasteiger partial charge in [0.15, 0.2) is 0 Å². The van der Waals surface area contributed by atoms with Crippen molar-refractivity contribution in [1.82, 2.24) is 9.78 Å². The predicted molar refractivity (Wildman–Crippen MR) is 76.7 cm³/mol. The molecule has 0 amide bonds. The topological polar surface area (TPSA) is 47.3 Å². The van der Waals surface area contributed by atoms with Gasteiger partial charge in [-0.2, -0.15) is 5.10 Å². The third-order valence-electron chi connectivity index (χ3n) is 3.95. The van der Waals surface area contributed by atoms with Gasteiger partial charge in [-0.1, -0.05) is 6.07 Å². The molecule has 1 N–H and O–H groups in total. The maximum absolute atomic E-state index is 10.0. The Kier molecular flexibility index (Phi) is 3.74. The normalized spacial score (nSPS) is 17.8. The number of aliphatic hydroxyl groups is 1. The highest BCUT2D eigenvalue weighted by Crippen LogP contribution is 2.32. The Balaban J connectivity index is 1.63. The summed E-state index contributed by atoms with van der Waals surface area (Å²) < 4.78 is 7.66. The average molecular weight is 272 g/mol. The van der Waals surface area contributed by atoms with Gasteiger partial charge in [0.25, 0.3) is 0 Å². The van der Waals surface area contributed by atoms with E-state index in [1.165, 1.54) is 5.56 Å². The first-order chi connectivity index (χ1) is 9.74. The van der Waals surface area contributed by atoms with Crippen molar-refractivity contribution in [2.24, 2.45) is 7.05 Å². The van der Waals surface area contributed by atoms with E-state index in [1.54, 1.807) is 6.20 Å². The van der Waals surface area contributed by atoms with Crippen LogP contribution >= 0.6 is 0 Å². The number of hydrogen-bond donors (Lipinski definition) is 1. The van der Waals surface area contributed by atoms with E-state index < -0.39 is 0 Å². The lowest BCUT2D eigenvalue weighted by Gasteiger charge is -2.22. The molecule has 0 fully saturated rings. The Labute approximate surface area is 119 Å². The van der Waals surface area contributed by atoms with Crippen LogP contribution in [0.5, 0.6) is 5.75 Å². The van der Waals surface area contributed by atoms with Gasteiger partial charge < -0.3 is 9.84 Å². The first kappa shape index (κ1) is 13.2. The van der Waals surface area contributed by atoms with Gasteiger partial charge in [-0.3, -0.25) is 4.68 Å². The van der Waals surface area contributed by atoms with Crippen molar-refractivity contribution in [2.45, 2.75) is 31.8 Å². The van der Waals surface area contributed by atoms with Crippen LogP contribution in [0.1, 0.15) is 35.8 Å². The minimum atomic E-state index is -0.334. The number of benzene rings is 1. The van der Waals surface area contributed by atoms with E-state index in [0.29, 0.717) is 6.61 Å². The molecule has 1 heterocycles. The molecule has 2 aromatic rings. The van der Waals surface area contributed by atoms with Crippen molar-refractivity contribution in [3.63, 3.8) is 0 Å². The molecule has 106 valence electrons. The van der Waals surface area contributed by atoms with Crippen molar-refractivity contribution >= 4 is 0 Å². The Hall–Kier alpha value is -1.81. The minimum Gasteiger partial charge on any atom is -0.493 e. The van der Waals surface area contributed by atoms with Crippen LogP contribution in [0, 0.1) is 0 Å². The highest BCUT2D eigenvalue weighted by molar-refractivity contribution is 5.38. The van der Waals surface area contributed by atoms with Crippen LogP contribution in [0.2, 0.25) is 0 Å². The summed E-state index contributed by atoms with van der Waals surface area (Å²) >= 11 is 0. The van der Waals surface area contributed by atoms with E-state index in [-0.39, 0.29) is 6.10 Å². The fraction of sp³-hybridized carbons (Fsp3) is 0.438. The number of ether oxygens (including phenoxy) is 1. The second-order valence-electron chi connectivity index (χ2n) is 5.31. The van der Waals surface area contributed by atoms with E-state index in [1.807, 2.05) is 29.9 Å². The summed E-state index contributed by atoms with van der Waals surface area (Å²) in [6, 6.07) is 8.07. The lowest BCUT2D eigenvalue weighted by molar-refractivity contribution is 0.156. The first-order valence-corrected chi connectivity index (χ1v) is 7.14. The maximum atomic E-state index is 10.0. The average Bonchev–Trinajstić information content (AvgIpc) is 2.85. The van der Waals surface area contributed by atoms with Crippen molar-refractivity contribution in [3.05, 3.63) is 47.3 Å². The molecule has 0 bridgehead atoms. The largest absolute Gasteiger partial charge is 0.493 e. The van der Waals surface area contributed by atoms with Crippen LogP contribution in [-0.2, 0) is 19.9 Å². The SMILES string of the molecule is Cn1nccc1CCOc1ccc2c(c1)[C@H](O)CCC2. The minimum absolute atomic E-state index is 0.334. The van der Waals surface area contributed by atoms with Gasteiger partial charge in [0, 0.05) is 25.4 Å². The molecule has 1 atom stereocenters. The van der Waals surface area contributed by atoms with Gasteiger partial charge >= 0.3 is 0 Å². The summed E-state index contributed by atoms with van der Waals surface area (Å²) in [5, 5.41) is 14.2. The number of nitrogens with zero attached hydrogens (tertiary/aromatic N) is 2. The monoisotopic (exact) mass is 272 g/mol. The zero-order chi connectivity index (χ0) is 13.9. The molecule has 0 aliphatic heterocycles. The molecule has 1 aromatic carbocycles. The van der Waals surface area contributed by atoms with Gasteiger partial charge in [0.2, 0.25) is 0 Å². The second kappa shape index (κ2) is 5.67. The molecule has 1 aliphatic rings. The van der Waals surface area contributed by atoms with Crippen LogP contribution in [0.3, 0.4) is 0 Å². The number of aryl methyl sites for hydroxylation is 2. The Bertz CT molecular complexity index is 592. The summed E-state index contributed by atoms with van der Waals surface area (Å²) in [7, 11) is 1.94. The fourth-order valence-electron chi connectivity index (χ4n) is 2.76. The molecule has 3 rings (SSSR count). The van der Waals surface area contributed by atoms with Crippen molar-refractivity contribution in [1.29, 1.82) is 0 Å². The fourth-order valence-corrected chi connectivity index (χ4v) is 2.76. The van der Waals surface area contributed by atoms with E-state index in [2.05, 4.69) is 11.2 Å². The summed E-state index contributed by atoms with van der Waals surface area (Å²) in [6.45, 7) is 0.619. The van der Waals surface area contributed by atoms with E-state index in [9.17, 15) is 5.11 Å². The summed E-state index contributed by atoms with van der Waals surface area (Å²) in [6.07, 6.45) is 5.27. The molecular formula is C16H20N2O2. The molecule has 4 heteroatoms. The van der Waals surface area contributed by atoms with Crippen LogP contribution < -0.4 is 4.74 Å². The molecule has 0 radical (unpaired) electrons. The highest BCUT2D eigenvalue weighted by atomic mass is 16.5. The molecular weight excluding hydrogens is 252 g/mol. The maximum Gasteiger partial charge on any atom is 0.119 e. The van der Waals surface area contributed by atoms with Gasteiger partial charge in [-0.05, 0) is 48.6 Å². The standard InChI is InChI=1S/C16H20N2O2/c1-18-13(7-9-17-18)8-10-20-14-6-5-12-3-2-4-16(19)15(12)11-14/h5-7,9,11,16,19H,2-4,8,10H2,1H3/t16-/m1/s1. The zero-order valence-corrected chi connectivity index (χ0v) is 11.7. The summed E-state index contributed by atoms with van der Waals surface area (Å²) in [5.41, 5.74) is 3.44. The molecule has 1 aliphatic carbocycles. The number of aromatic nitrogens is 2. The number of aliphatic hydroxyl groups excluding tert-OH is 1. The third-order valence-corrected chi connectivity index (χ3v) is 3.95. The summed E-state index contributed by atoms with van der Waals surface area (Å²) in [5.74, 6) is 0.840. The number of fused-ring (bicyclic) bond motifs is 1. The Morgan fingerprint density at radius 1 is 1.40 bits per heavy atom. The highest BCUT2D eigenvalue weighted by Gasteiger charge is 2.18. The van der Waals surface area contributed by atoms with Crippen LogP contribution in [0.15, 0.2) is 30.5 Å². The molecule has 0 saturated carbocycles. The molecule has 0 saturated heterocycles. The molecule has 4 nitrogen and oxygen atoms in total. The van der Waals surface area contributed by atoms with Crippen molar-refractivity contribution in [2.75, 3.05) is 6.61 Å². The lowest BCUT2D eigenvalue weighted by Crippen LogP contribution is -2.10. The van der Waals surface area contributed by atoms with E-state index >= 15 is 0 Å². The number of hydrogen-bond acceptors (Lipinski definition) is 3. The van der Waals surface area contributed by atoms with Crippen LogP contribution in [0.4, 0.5) is 0 Å². The van der Waals surface area contributed by atoms with E-state index in [4.69, 9.17) is 4.74 Å². The van der Waals surface area contributed by atoms with Crippen molar-refractivity contribution in [3.8, 4) is 5.75 Å². The first-order valence-electron chi connectivity index (χ1n) is 7.14. The van der Waals surface area contributed by atoms with Gasteiger partial charge in [0.1, 0.15) is 5.75 Å². The third kappa shape index (κ3) is 2.70. The van der Waals surface area contributed by atoms with Gasteiger partial charge in [-0.15, -0.1) is 0 Å². The zero-order valence-electron chi connectivity index (χ0n) is 11.7. The van der Waals surface area contributed by atoms with Crippen molar-refractivity contribution < 1.29 is 9.84 Å². The summed E-state index contributed by atoms with van der Waals surface area (Å²) in [4.78, 5) is 0. The van der Waals surface area contributed by atoms with Crippen LogP contribution in [0.25, 0.3) is 0 Å². The Morgan fingerprint density at radius 2 is 2.30 bits per heavy atom. The second-order valence-corrected chi connectivity index (χ2v) is 5.31. The molecule has 0 spiro atoms. The quantitative estimate of drug-likeness (QED) is 0.929. The van der Waals surface area contributed by atoms with Gasteiger partial charge in [0.05, 0.1) is 12.7 Å². The molecule has 0 unspecified atom stereocenters. The van der Waals surface area contributed by atoms with Crippen LogP contribution in [-0.4, -0.2) is 21.5 Å². The lowest BCUT2D eigenvalue weighted by atomic mass is 9.89. The molecule has 20 heavy (non-hydrogen) atoms. The Morgan fingerprint density at radius 3 is 3.10 bits per heavy atom. The van der Waals surface area contributed by atoms with Gasteiger partial charge in [-0.25, -0.2) is 0 Å². The molecule has 1 aromatic heterocycles.